The van der Waals surface area contributed by atoms with E-state index in [4.69, 9.17) is 0 Å². The molecular weight excluding hydrogens is 294 g/mol. The number of amides is 1. The highest BCUT2D eigenvalue weighted by Crippen LogP contribution is 2.36. The molecule has 5 nitrogen and oxygen atoms in total. The topological polar surface area (TPSA) is 89.8 Å². The molecule has 0 aliphatic rings. The van der Waals surface area contributed by atoms with E-state index >= 15 is 0 Å². The summed E-state index contributed by atoms with van der Waals surface area (Å²) >= 11 is 0. The fourth-order valence-corrected chi connectivity index (χ4v) is 2.47. The molecule has 0 saturated heterocycles. The Bertz CT molecular complexity index is 884. The van der Waals surface area contributed by atoms with Crippen molar-refractivity contribution in [1.29, 1.82) is 0 Å². The maximum absolute atomic E-state index is 12.2. The first kappa shape index (κ1) is 14.7. The largest absolute Gasteiger partial charge is 0.504 e. The molecule has 0 atom stereocenters. The highest BCUT2D eigenvalue weighted by atomic mass is 16.3. The van der Waals surface area contributed by atoms with Crippen molar-refractivity contribution in [3.05, 3.63) is 65.7 Å². The number of phenols is 3. The molecule has 3 aromatic rings. The molecule has 0 aliphatic carbocycles. The number of hydrogen-bond acceptors (Lipinski definition) is 4. The number of phenolic OH excluding ortho intramolecular Hbond substituents is 3. The van der Waals surface area contributed by atoms with Gasteiger partial charge in [-0.1, -0.05) is 42.5 Å². The third kappa shape index (κ3) is 2.76. The number of carbonyl (C=O) groups excluding carboxylic acids is 1. The fourth-order valence-electron chi connectivity index (χ4n) is 2.47. The lowest BCUT2D eigenvalue weighted by Gasteiger charge is -2.10. The molecule has 5 heteroatoms. The van der Waals surface area contributed by atoms with E-state index < -0.39 is 23.2 Å². The van der Waals surface area contributed by atoms with E-state index in [1.54, 1.807) is 0 Å². The lowest BCUT2D eigenvalue weighted by Crippen LogP contribution is -2.23. The van der Waals surface area contributed by atoms with Gasteiger partial charge in [0.2, 0.25) is 5.75 Å². The van der Waals surface area contributed by atoms with Gasteiger partial charge in [-0.2, -0.15) is 0 Å². The van der Waals surface area contributed by atoms with Gasteiger partial charge in [-0.25, -0.2) is 0 Å². The summed E-state index contributed by atoms with van der Waals surface area (Å²) in [7, 11) is 0. The number of rotatable bonds is 3. The molecule has 23 heavy (non-hydrogen) atoms. The van der Waals surface area contributed by atoms with Crippen LogP contribution in [0, 0.1) is 0 Å². The van der Waals surface area contributed by atoms with Gasteiger partial charge in [-0.05, 0) is 28.5 Å². The molecule has 0 unspecified atom stereocenters. The van der Waals surface area contributed by atoms with Crippen molar-refractivity contribution < 1.29 is 20.1 Å². The van der Waals surface area contributed by atoms with Crippen molar-refractivity contribution in [3.8, 4) is 17.2 Å². The van der Waals surface area contributed by atoms with E-state index in [1.807, 2.05) is 42.5 Å². The predicted molar refractivity (Wildman–Crippen MR) is 86.6 cm³/mol. The summed E-state index contributed by atoms with van der Waals surface area (Å²) in [4.78, 5) is 12.2. The van der Waals surface area contributed by atoms with Crippen molar-refractivity contribution in [2.24, 2.45) is 0 Å². The van der Waals surface area contributed by atoms with Crippen molar-refractivity contribution >= 4 is 16.7 Å². The highest BCUT2D eigenvalue weighted by Gasteiger charge is 2.17. The van der Waals surface area contributed by atoms with Crippen LogP contribution in [0.5, 0.6) is 17.2 Å². The van der Waals surface area contributed by atoms with E-state index in [9.17, 15) is 20.1 Å². The Kier molecular flexibility index (Phi) is 3.76. The quantitative estimate of drug-likeness (QED) is 0.560. The molecule has 3 aromatic carbocycles. The van der Waals surface area contributed by atoms with Gasteiger partial charge < -0.3 is 20.6 Å². The third-order valence-electron chi connectivity index (χ3n) is 3.69. The molecule has 0 aliphatic heterocycles. The molecule has 0 heterocycles. The Labute approximate surface area is 132 Å². The standard InChI is InChI=1S/C18H15NO4/c20-15-9-8-14(16(21)17(15)22)18(23)19-10-12-6-3-5-11-4-1-2-7-13(11)12/h1-9,20-22H,10H2,(H,19,23). The van der Waals surface area contributed by atoms with Crippen molar-refractivity contribution in [2.45, 2.75) is 6.54 Å². The van der Waals surface area contributed by atoms with Crippen LogP contribution in [0.25, 0.3) is 10.8 Å². The average molecular weight is 309 g/mol. The van der Waals surface area contributed by atoms with E-state index in [-0.39, 0.29) is 12.1 Å². The first-order valence-electron chi connectivity index (χ1n) is 7.06. The molecule has 116 valence electrons. The summed E-state index contributed by atoms with van der Waals surface area (Å²) in [5.41, 5.74) is 0.847. The van der Waals surface area contributed by atoms with Crippen LogP contribution < -0.4 is 5.32 Å². The molecular formula is C18H15NO4. The van der Waals surface area contributed by atoms with Crippen LogP contribution in [0.2, 0.25) is 0 Å². The zero-order valence-electron chi connectivity index (χ0n) is 12.2. The summed E-state index contributed by atoms with van der Waals surface area (Å²) in [6.07, 6.45) is 0. The molecule has 3 rings (SSSR count). The minimum atomic E-state index is -0.706. The van der Waals surface area contributed by atoms with Gasteiger partial charge in [0.1, 0.15) is 0 Å². The minimum Gasteiger partial charge on any atom is -0.504 e. The molecule has 0 saturated carbocycles. The Morgan fingerprint density at radius 1 is 0.870 bits per heavy atom. The van der Waals surface area contributed by atoms with Crippen LogP contribution in [-0.2, 0) is 6.54 Å². The van der Waals surface area contributed by atoms with E-state index in [0.717, 1.165) is 22.4 Å². The predicted octanol–water partition coefficient (Wildman–Crippen LogP) is 2.89. The number of aromatic hydroxyl groups is 3. The SMILES string of the molecule is O=C(NCc1cccc2ccccc12)c1ccc(O)c(O)c1O. The van der Waals surface area contributed by atoms with Gasteiger partial charge >= 0.3 is 0 Å². The lowest BCUT2D eigenvalue weighted by molar-refractivity contribution is 0.0947. The Balaban J connectivity index is 1.83. The van der Waals surface area contributed by atoms with Gasteiger partial charge in [0, 0.05) is 6.54 Å². The van der Waals surface area contributed by atoms with Crippen LogP contribution in [0.4, 0.5) is 0 Å². The second-order valence-corrected chi connectivity index (χ2v) is 5.15. The summed E-state index contributed by atoms with van der Waals surface area (Å²) in [5.74, 6) is -2.36. The van der Waals surface area contributed by atoms with Crippen LogP contribution in [0.3, 0.4) is 0 Å². The first-order valence-corrected chi connectivity index (χ1v) is 7.06. The number of nitrogens with one attached hydrogen (secondary N) is 1. The van der Waals surface area contributed by atoms with E-state index in [2.05, 4.69) is 5.32 Å². The molecule has 0 bridgehead atoms. The molecule has 1 amide bonds. The summed E-state index contributed by atoms with van der Waals surface area (Å²) in [5, 5.41) is 33.3. The maximum Gasteiger partial charge on any atom is 0.255 e. The Hall–Kier alpha value is -3.21. The summed E-state index contributed by atoms with van der Waals surface area (Å²) in [6, 6.07) is 16.1. The Morgan fingerprint density at radius 3 is 2.43 bits per heavy atom. The van der Waals surface area contributed by atoms with Gasteiger partial charge in [0.15, 0.2) is 11.5 Å². The zero-order chi connectivity index (χ0) is 16.4. The highest BCUT2D eigenvalue weighted by molar-refractivity contribution is 5.98. The molecule has 4 N–H and O–H groups in total. The van der Waals surface area contributed by atoms with Crippen molar-refractivity contribution in [3.63, 3.8) is 0 Å². The smallest absolute Gasteiger partial charge is 0.255 e. The number of carbonyl (C=O) groups is 1. The van der Waals surface area contributed by atoms with Crippen LogP contribution in [-0.4, -0.2) is 21.2 Å². The van der Waals surface area contributed by atoms with Gasteiger partial charge in [-0.15, -0.1) is 0 Å². The maximum atomic E-state index is 12.2. The van der Waals surface area contributed by atoms with Crippen LogP contribution in [0.15, 0.2) is 54.6 Å². The van der Waals surface area contributed by atoms with Gasteiger partial charge in [0.25, 0.3) is 5.91 Å². The fraction of sp³-hybridized carbons (Fsp3) is 0.0556. The number of benzene rings is 3. The van der Waals surface area contributed by atoms with Gasteiger partial charge in [0.05, 0.1) is 5.56 Å². The van der Waals surface area contributed by atoms with Crippen molar-refractivity contribution in [2.75, 3.05) is 0 Å². The minimum absolute atomic E-state index is 0.0967. The van der Waals surface area contributed by atoms with E-state index in [1.165, 1.54) is 6.07 Å². The van der Waals surface area contributed by atoms with Crippen LogP contribution in [0.1, 0.15) is 15.9 Å². The Morgan fingerprint density at radius 2 is 1.61 bits per heavy atom. The third-order valence-corrected chi connectivity index (χ3v) is 3.69. The summed E-state index contributed by atoms with van der Waals surface area (Å²) in [6.45, 7) is 0.279. The second-order valence-electron chi connectivity index (χ2n) is 5.15. The number of fused-ring (bicyclic) bond motifs is 1. The first-order chi connectivity index (χ1) is 11.1. The molecule has 0 radical (unpaired) electrons. The monoisotopic (exact) mass is 309 g/mol. The average Bonchev–Trinajstić information content (AvgIpc) is 2.57. The molecule has 0 fully saturated rings. The summed E-state index contributed by atoms with van der Waals surface area (Å²) < 4.78 is 0. The van der Waals surface area contributed by atoms with Crippen molar-refractivity contribution in [1.82, 2.24) is 5.32 Å². The second kappa shape index (κ2) is 5.88. The van der Waals surface area contributed by atoms with Gasteiger partial charge in [-0.3, -0.25) is 4.79 Å². The van der Waals surface area contributed by atoms with Crippen LogP contribution >= 0.6 is 0 Å². The normalized spacial score (nSPS) is 10.6. The lowest BCUT2D eigenvalue weighted by atomic mass is 10.0. The zero-order valence-corrected chi connectivity index (χ0v) is 12.2. The molecule has 0 spiro atoms. The number of hydrogen-bond donors (Lipinski definition) is 4. The molecule has 0 aromatic heterocycles. The van der Waals surface area contributed by atoms with E-state index in [0.29, 0.717) is 0 Å².